The van der Waals surface area contributed by atoms with Gasteiger partial charge in [0.15, 0.2) is 0 Å². The highest BCUT2D eigenvalue weighted by Crippen LogP contribution is 2.31. The summed E-state index contributed by atoms with van der Waals surface area (Å²) in [5, 5.41) is 4.09. The minimum absolute atomic E-state index is 0.181. The Labute approximate surface area is 119 Å². The van der Waals surface area contributed by atoms with Gasteiger partial charge in [-0.15, -0.1) is 0 Å². The van der Waals surface area contributed by atoms with Crippen LogP contribution in [0.2, 0.25) is 5.02 Å². The summed E-state index contributed by atoms with van der Waals surface area (Å²) in [7, 11) is 3.75. The summed E-state index contributed by atoms with van der Waals surface area (Å²) in [6.07, 6.45) is 6.09. The molecule has 1 aromatic rings. The predicted octanol–water partition coefficient (Wildman–Crippen LogP) is 2.06. The van der Waals surface area contributed by atoms with E-state index < -0.39 is 0 Å². The third-order valence-corrected chi connectivity index (χ3v) is 4.35. The van der Waals surface area contributed by atoms with Gasteiger partial charge in [0, 0.05) is 51.6 Å². The molecule has 2 heterocycles. The fourth-order valence-corrected chi connectivity index (χ4v) is 2.95. The van der Waals surface area contributed by atoms with E-state index in [0.717, 1.165) is 38.0 Å². The first-order chi connectivity index (χ1) is 9.22. The normalized spacial score (nSPS) is 20.2. The van der Waals surface area contributed by atoms with Crippen LogP contribution in [0.5, 0.6) is 0 Å². The summed E-state index contributed by atoms with van der Waals surface area (Å²) < 4.78 is 11.3. The fraction of sp³-hybridized carbons (Fsp3) is 0.643. The van der Waals surface area contributed by atoms with E-state index in [2.05, 4.69) is 10.3 Å². The average molecular weight is 285 g/mol. The summed E-state index contributed by atoms with van der Waals surface area (Å²) in [5.74, 6) is 0. The Balaban J connectivity index is 2.17. The zero-order valence-electron chi connectivity index (χ0n) is 11.5. The molecule has 0 spiro atoms. The van der Waals surface area contributed by atoms with Crippen molar-refractivity contribution in [2.45, 2.75) is 30.9 Å². The highest BCUT2D eigenvalue weighted by molar-refractivity contribution is 6.31. The molecule has 1 fully saturated rings. The molecule has 0 aliphatic carbocycles. The molecular weight excluding hydrogens is 264 g/mol. The first-order valence-electron chi connectivity index (χ1n) is 6.60. The van der Waals surface area contributed by atoms with Gasteiger partial charge in [-0.05, 0) is 25.1 Å². The summed E-state index contributed by atoms with van der Waals surface area (Å²) in [6.45, 7) is 1.49. The van der Waals surface area contributed by atoms with E-state index in [1.54, 1.807) is 19.5 Å². The van der Waals surface area contributed by atoms with Gasteiger partial charge in [-0.25, -0.2) is 0 Å². The predicted molar refractivity (Wildman–Crippen MR) is 75.6 cm³/mol. The average Bonchev–Trinajstić information content (AvgIpc) is 2.47. The maximum Gasteiger partial charge on any atom is 0.0877 e. The first-order valence-corrected chi connectivity index (χ1v) is 6.98. The van der Waals surface area contributed by atoms with E-state index in [-0.39, 0.29) is 11.6 Å². The summed E-state index contributed by atoms with van der Waals surface area (Å²) in [5.41, 5.74) is 0.915. The standard InChI is InChI=1S/C14H21ClN2O2/c1-16-13(9-11-3-6-17-10-12(11)15)14(18-2)4-7-19-8-5-14/h3,6,10,13,16H,4-5,7-9H2,1-2H3. The Morgan fingerprint density at radius 3 is 2.84 bits per heavy atom. The van der Waals surface area contributed by atoms with Crippen molar-refractivity contribution in [1.82, 2.24) is 10.3 Å². The lowest BCUT2D eigenvalue weighted by Crippen LogP contribution is -2.55. The Hall–Kier alpha value is -0.680. The monoisotopic (exact) mass is 284 g/mol. The van der Waals surface area contributed by atoms with Crippen molar-refractivity contribution < 1.29 is 9.47 Å². The molecular formula is C14H21ClN2O2. The van der Waals surface area contributed by atoms with Gasteiger partial charge in [-0.1, -0.05) is 11.6 Å². The molecule has 0 aromatic carbocycles. The first kappa shape index (κ1) is 14.7. The number of likely N-dealkylation sites (N-methyl/N-ethyl adjacent to an activating group) is 1. The number of rotatable bonds is 5. The van der Waals surface area contributed by atoms with Crippen LogP contribution in [0.25, 0.3) is 0 Å². The Morgan fingerprint density at radius 1 is 1.53 bits per heavy atom. The van der Waals surface area contributed by atoms with Crippen molar-refractivity contribution in [2.75, 3.05) is 27.4 Å². The number of methoxy groups -OCH3 is 1. The van der Waals surface area contributed by atoms with Crippen LogP contribution < -0.4 is 5.32 Å². The summed E-state index contributed by atoms with van der Waals surface area (Å²) >= 11 is 6.20. The molecule has 1 unspecified atom stereocenters. The molecule has 1 aromatic heterocycles. The van der Waals surface area contributed by atoms with Gasteiger partial charge in [0.05, 0.1) is 10.6 Å². The molecule has 2 rings (SSSR count). The fourth-order valence-electron chi connectivity index (χ4n) is 2.75. The minimum atomic E-state index is -0.181. The molecule has 1 aliphatic heterocycles. The van der Waals surface area contributed by atoms with Crippen LogP contribution in [0.4, 0.5) is 0 Å². The van der Waals surface area contributed by atoms with Crippen LogP contribution in [0.15, 0.2) is 18.5 Å². The van der Waals surface area contributed by atoms with Crippen LogP contribution in [0.3, 0.4) is 0 Å². The van der Waals surface area contributed by atoms with Gasteiger partial charge in [-0.3, -0.25) is 4.98 Å². The van der Waals surface area contributed by atoms with E-state index in [1.165, 1.54) is 0 Å². The Kier molecular flexibility index (Phi) is 5.16. The van der Waals surface area contributed by atoms with Crippen molar-refractivity contribution in [1.29, 1.82) is 0 Å². The van der Waals surface area contributed by atoms with Gasteiger partial charge >= 0.3 is 0 Å². The van der Waals surface area contributed by atoms with Crippen LogP contribution in [0, 0.1) is 0 Å². The van der Waals surface area contributed by atoms with Crippen molar-refractivity contribution in [3.63, 3.8) is 0 Å². The Bertz CT molecular complexity index is 408. The highest BCUT2D eigenvalue weighted by Gasteiger charge is 2.40. The number of nitrogens with one attached hydrogen (secondary N) is 1. The van der Waals surface area contributed by atoms with E-state index in [4.69, 9.17) is 21.1 Å². The maximum atomic E-state index is 6.20. The van der Waals surface area contributed by atoms with Gasteiger partial charge < -0.3 is 14.8 Å². The third-order valence-electron chi connectivity index (χ3n) is 4.01. The van der Waals surface area contributed by atoms with E-state index >= 15 is 0 Å². The number of halogens is 1. The van der Waals surface area contributed by atoms with E-state index in [1.807, 2.05) is 13.1 Å². The SMILES string of the molecule is CNC(Cc1ccncc1Cl)C1(OC)CCOCC1. The lowest BCUT2D eigenvalue weighted by atomic mass is 9.83. The van der Waals surface area contributed by atoms with Gasteiger partial charge in [0.25, 0.3) is 0 Å². The third kappa shape index (κ3) is 3.26. The molecule has 1 atom stereocenters. The molecule has 5 heteroatoms. The number of aromatic nitrogens is 1. The smallest absolute Gasteiger partial charge is 0.0877 e. The topological polar surface area (TPSA) is 43.4 Å². The minimum Gasteiger partial charge on any atom is -0.381 e. The zero-order valence-corrected chi connectivity index (χ0v) is 12.2. The molecule has 19 heavy (non-hydrogen) atoms. The number of nitrogens with zero attached hydrogens (tertiary/aromatic N) is 1. The molecule has 0 saturated carbocycles. The second-order valence-electron chi connectivity index (χ2n) is 4.89. The highest BCUT2D eigenvalue weighted by atomic mass is 35.5. The molecule has 0 radical (unpaired) electrons. The Morgan fingerprint density at radius 2 is 2.26 bits per heavy atom. The number of pyridine rings is 1. The lowest BCUT2D eigenvalue weighted by Gasteiger charge is -2.42. The van der Waals surface area contributed by atoms with Crippen LogP contribution in [-0.4, -0.2) is 44.0 Å². The number of hydrogen-bond acceptors (Lipinski definition) is 4. The van der Waals surface area contributed by atoms with Crippen LogP contribution in [0.1, 0.15) is 18.4 Å². The van der Waals surface area contributed by atoms with Crippen LogP contribution >= 0.6 is 11.6 Å². The van der Waals surface area contributed by atoms with E-state index in [9.17, 15) is 0 Å². The molecule has 1 aliphatic rings. The van der Waals surface area contributed by atoms with Crippen molar-refractivity contribution in [3.8, 4) is 0 Å². The molecule has 106 valence electrons. The zero-order chi connectivity index (χ0) is 13.7. The quantitative estimate of drug-likeness (QED) is 0.899. The molecule has 1 N–H and O–H groups in total. The van der Waals surface area contributed by atoms with Crippen molar-refractivity contribution in [2.24, 2.45) is 0 Å². The largest absolute Gasteiger partial charge is 0.381 e. The second kappa shape index (κ2) is 6.66. The molecule has 0 amide bonds. The molecule has 4 nitrogen and oxygen atoms in total. The van der Waals surface area contributed by atoms with Crippen LogP contribution in [-0.2, 0) is 15.9 Å². The maximum absolute atomic E-state index is 6.20. The number of hydrogen-bond donors (Lipinski definition) is 1. The van der Waals surface area contributed by atoms with E-state index in [0.29, 0.717) is 5.02 Å². The molecule has 0 bridgehead atoms. The van der Waals surface area contributed by atoms with Crippen molar-refractivity contribution in [3.05, 3.63) is 29.0 Å². The summed E-state index contributed by atoms with van der Waals surface area (Å²) in [4.78, 5) is 4.02. The van der Waals surface area contributed by atoms with Gasteiger partial charge in [0.2, 0.25) is 0 Å². The van der Waals surface area contributed by atoms with Gasteiger partial charge in [-0.2, -0.15) is 0 Å². The lowest BCUT2D eigenvalue weighted by molar-refractivity contribution is -0.109. The molecule has 1 saturated heterocycles. The summed E-state index contributed by atoms with van der Waals surface area (Å²) in [6, 6.07) is 2.18. The van der Waals surface area contributed by atoms with Gasteiger partial charge in [0.1, 0.15) is 0 Å². The number of ether oxygens (including phenoxy) is 2. The van der Waals surface area contributed by atoms with Crippen molar-refractivity contribution >= 4 is 11.6 Å². The second-order valence-corrected chi connectivity index (χ2v) is 5.30.